The van der Waals surface area contributed by atoms with Crippen LogP contribution >= 0.6 is 0 Å². The molecule has 3 aromatic carbocycles. The van der Waals surface area contributed by atoms with E-state index < -0.39 is 35.4 Å². The molecule has 54 heavy (non-hydrogen) atoms. The third-order valence-electron chi connectivity index (χ3n) is 9.59. The molecule has 3 N–H and O–H groups in total. The third-order valence-corrected chi connectivity index (χ3v) is 9.59. The zero-order valence-electron chi connectivity index (χ0n) is 32.5. The van der Waals surface area contributed by atoms with Crippen LogP contribution in [0.15, 0.2) is 54.6 Å². The van der Waals surface area contributed by atoms with Gasteiger partial charge in [-0.05, 0) is 73.9 Å². The van der Waals surface area contributed by atoms with E-state index in [1.165, 1.54) is 39.3 Å². The first-order valence-corrected chi connectivity index (χ1v) is 19.1. The van der Waals surface area contributed by atoms with Crippen LogP contribution in [-0.2, 0) is 0 Å². The second-order valence-corrected chi connectivity index (χ2v) is 13.5. The fourth-order valence-corrected chi connectivity index (χ4v) is 6.57. The predicted octanol–water partition coefficient (Wildman–Crippen LogP) is 6.59. The molecule has 6 amide bonds. The number of hydrogen-bond acceptors (Lipinski definition) is 6. The second kappa shape index (κ2) is 19.5. The van der Waals surface area contributed by atoms with Gasteiger partial charge in [0.2, 0.25) is 0 Å². The lowest BCUT2D eigenvalue weighted by molar-refractivity contribution is 0.0951. The number of fused-ring (bicyclic) bond motifs is 6. The van der Waals surface area contributed by atoms with Crippen LogP contribution in [0, 0.1) is 0 Å². The SMILES string of the molecule is CCCCCN1C(=O)c2cc(C(=O)NC)cc(c2)N(CCCCC)C(=O)c2cc(C(=O)NC)cc(c2)N(CCCCC)C(=O)c2cc(C(=O)NC)cc1c2. The first kappa shape index (κ1) is 41.2. The molecule has 0 saturated carbocycles. The molecular weight excluding hydrogens is 684 g/mol. The Hall–Kier alpha value is -5.52. The van der Waals surface area contributed by atoms with E-state index in [1.807, 2.05) is 0 Å². The van der Waals surface area contributed by atoms with Crippen molar-refractivity contribution in [1.29, 1.82) is 0 Å². The number of benzene rings is 3. The quantitative estimate of drug-likeness (QED) is 0.150. The third kappa shape index (κ3) is 9.71. The average molecular weight is 739 g/mol. The summed E-state index contributed by atoms with van der Waals surface area (Å²) in [6, 6.07) is 14.1. The zero-order valence-corrected chi connectivity index (χ0v) is 32.5. The molecule has 0 aliphatic carbocycles. The molecule has 0 fully saturated rings. The first-order chi connectivity index (χ1) is 26.0. The Bertz CT molecular complexity index is 1660. The summed E-state index contributed by atoms with van der Waals surface area (Å²) < 4.78 is 0. The van der Waals surface area contributed by atoms with E-state index in [9.17, 15) is 28.8 Å². The van der Waals surface area contributed by atoms with E-state index >= 15 is 0 Å². The monoisotopic (exact) mass is 738 g/mol. The highest BCUT2D eigenvalue weighted by atomic mass is 16.2. The maximum atomic E-state index is 14.8. The minimum absolute atomic E-state index is 0.157. The van der Waals surface area contributed by atoms with Gasteiger partial charge < -0.3 is 30.7 Å². The number of hydrogen-bond donors (Lipinski definition) is 3. The van der Waals surface area contributed by atoms with Gasteiger partial charge in [0.15, 0.2) is 0 Å². The molecular formula is C42H54N6O6. The highest BCUT2D eigenvalue weighted by molar-refractivity contribution is 6.15. The molecule has 6 bridgehead atoms. The Balaban J connectivity index is 2.15. The van der Waals surface area contributed by atoms with Gasteiger partial charge in [-0.2, -0.15) is 0 Å². The molecule has 1 aliphatic rings. The fourth-order valence-electron chi connectivity index (χ4n) is 6.57. The topological polar surface area (TPSA) is 148 Å². The molecule has 0 atom stereocenters. The van der Waals surface area contributed by atoms with Crippen LogP contribution in [0.5, 0.6) is 0 Å². The zero-order chi connectivity index (χ0) is 39.4. The van der Waals surface area contributed by atoms with Crippen molar-refractivity contribution in [3.63, 3.8) is 0 Å². The lowest BCUT2D eigenvalue weighted by atomic mass is 10.0. The summed E-state index contributed by atoms with van der Waals surface area (Å²) >= 11 is 0. The van der Waals surface area contributed by atoms with Crippen molar-refractivity contribution in [2.45, 2.75) is 78.6 Å². The molecule has 4 rings (SSSR count). The highest BCUT2D eigenvalue weighted by Crippen LogP contribution is 2.31. The van der Waals surface area contributed by atoms with E-state index in [0.717, 1.165) is 38.5 Å². The molecule has 288 valence electrons. The smallest absolute Gasteiger partial charge is 0.258 e. The molecule has 12 nitrogen and oxygen atoms in total. The van der Waals surface area contributed by atoms with Gasteiger partial charge in [-0.3, -0.25) is 28.8 Å². The molecule has 12 heteroatoms. The number of carbonyl (C=O) groups excluding carboxylic acids is 6. The fraction of sp³-hybridized carbons (Fsp3) is 0.429. The minimum Gasteiger partial charge on any atom is -0.355 e. The van der Waals surface area contributed by atoms with Gasteiger partial charge in [0.1, 0.15) is 0 Å². The maximum absolute atomic E-state index is 14.8. The standard InChI is InChI=1S/C42H54N6O6/c1-7-10-13-16-46-34-22-28(37(49)43-4)20-32(25-34)41(53)48(18-15-12-9-3)36-24-30(39(51)45-6)21-33(27-36)42(54)47(17-14-11-8-2)35-23-29(38(50)44-5)19-31(26-35)40(46)52/h19-27H,7-18H2,1-6H3,(H,43,49)(H,44,50)(H,45,51). The maximum Gasteiger partial charge on any atom is 0.258 e. The average Bonchev–Trinajstić information content (AvgIpc) is 3.20. The Kier molecular flexibility index (Phi) is 14.9. The van der Waals surface area contributed by atoms with Gasteiger partial charge in [0.25, 0.3) is 35.4 Å². The number of anilines is 3. The molecule has 0 aromatic heterocycles. The Labute approximate surface area is 318 Å². The van der Waals surface area contributed by atoms with Crippen molar-refractivity contribution in [2.75, 3.05) is 55.5 Å². The normalized spacial score (nSPS) is 13.0. The predicted molar refractivity (Wildman–Crippen MR) is 213 cm³/mol. The Morgan fingerprint density at radius 1 is 0.426 bits per heavy atom. The molecule has 0 saturated heterocycles. The van der Waals surface area contributed by atoms with Crippen LogP contribution in [0.2, 0.25) is 0 Å². The van der Waals surface area contributed by atoms with Crippen LogP contribution in [0.25, 0.3) is 0 Å². The van der Waals surface area contributed by atoms with Crippen molar-refractivity contribution in [2.24, 2.45) is 0 Å². The van der Waals surface area contributed by atoms with Crippen LogP contribution in [0.1, 0.15) is 141 Å². The molecule has 1 aliphatic heterocycles. The Morgan fingerprint density at radius 3 is 0.907 bits per heavy atom. The summed E-state index contributed by atoms with van der Waals surface area (Å²) in [5, 5.41) is 7.91. The number of nitrogens with zero attached hydrogens (tertiary/aromatic N) is 3. The Morgan fingerprint density at radius 2 is 0.685 bits per heavy atom. The molecule has 3 aromatic rings. The van der Waals surface area contributed by atoms with Gasteiger partial charge in [-0.1, -0.05) is 59.3 Å². The highest BCUT2D eigenvalue weighted by Gasteiger charge is 2.29. The molecule has 0 unspecified atom stereocenters. The summed E-state index contributed by atoms with van der Waals surface area (Å²) in [5.41, 5.74) is 2.04. The number of nitrogens with one attached hydrogen (secondary N) is 3. The van der Waals surface area contributed by atoms with Gasteiger partial charge in [-0.25, -0.2) is 0 Å². The lowest BCUT2D eigenvalue weighted by Crippen LogP contribution is -2.35. The van der Waals surface area contributed by atoms with E-state index in [1.54, 1.807) is 51.1 Å². The van der Waals surface area contributed by atoms with Crippen LogP contribution < -0.4 is 30.7 Å². The second-order valence-electron chi connectivity index (χ2n) is 13.5. The van der Waals surface area contributed by atoms with Crippen molar-refractivity contribution < 1.29 is 28.8 Å². The molecule has 1 heterocycles. The van der Waals surface area contributed by atoms with Crippen molar-refractivity contribution in [3.05, 3.63) is 88.0 Å². The van der Waals surface area contributed by atoms with Crippen LogP contribution in [0.3, 0.4) is 0 Å². The summed E-state index contributed by atoms with van der Waals surface area (Å²) in [7, 11) is 4.48. The minimum atomic E-state index is -0.455. The summed E-state index contributed by atoms with van der Waals surface area (Å²) in [6.07, 6.45) is 7.03. The van der Waals surface area contributed by atoms with Gasteiger partial charge in [0, 0.05) is 91.2 Å². The van der Waals surface area contributed by atoms with Crippen LogP contribution in [-0.4, -0.2) is 76.2 Å². The van der Waals surface area contributed by atoms with Crippen molar-refractivity contribution in [1.82, 2.24) is 16.0 Å². The van der Waals surface area contributed by atoms with E-state index in [2.05, 4.69) is 36.7 Å². The van der Waals surface area contributed by atoms with E-state index in [4.69, 9.17) is 0 Å². The summed E-state index contributed by atoms with van der Waals surface area (Å²) in [4.78, 5) is 88.7. The van der Waals surface area contributed by atoms with E-state index in [-0.39, 0.29) is 53.0 Å². The molecule has 0 spiro atoms. The van der Waals surface area contributed by atoms with Crippen molar-refractivity contribution in [3.8, 4) is 0 Å². The number of carbonyl (C=O) groups is 6. The first-order valence-electron chi connectivity index (χ1n) is 19.1. The summed E-state index contributed by atoms with van der Waals surface area (Å²) in [5.74, 6) is -2.69. The van der Waals surface area contributed by atoms with Gasteiger partial charge in [0.05, 0.1) is 0 Å². The van der Waals surface area contributed by atoms with Crippen LogP contribution in [0.4, 0.5) is 17.1 Å². The number of amides is 6. The van der Waals surface area contributed by atoms with E-state index in [0.29, 0.717) is 36.3 Å². The van der Waals surface area contributed by atoms with Gasteiger partial charge in [-0.15, -0.1) is 0 Å². The lowest BCUT2D eigenvalue weighted by Gasteiger charge is -2.27. The van der Waals surface area contributed by atoms with Crippen molar-refractivity contribution >= 4 is 52.5 Å². The molecule has 0 radical (unpaired) electrons. The number of rotatable bonds is 15. The number of unbranched alkanes of at least 4 members (excludes halogenated alkanes) is 6. The van der Waals surface area contributed by atoms with Gasteiger partial charge >= 0.3 is 0 Å². The summed E-state index contributed by atoms with van der Waals surface area (Å²) in [6.45, 7) is 6.97. The largest absolute Gasteiger partial charge is 0.355 e.